The van der Waals surface area contributed by atoms with Gasteiger partial charge in [-0.05, 0) is 36.1 Å². The number of nitrogens with zero attached hydrogens (tertiary/aromatic N) is 1. The average molecular weight is 260 g/mol. The molecule has 0 aliphatic carbocycles. The van der Waals surface area contributed by atoms with Crippen LogP contribution in [0.25, 0.3) is 0 Å². The topological polar surface area (TPSA) is 35.8 Å². The van der Waals surface area contributed by atoms with Gasteiger partial charge in [0.05, 0.1) is 6.07 Å². The first-order chi connectivity index (χ1) is 8.46. The van der Waals surface area contributed by atoms with Crippen molar-refractivity contribution >= 4 is 17.4 Å². The highest BCUT2D eigenvalue weighted by atomic mass is 32.2. The fourth-order valence-corrected chi connectivity index (χ4v) is 3.92. The van der Waals surface area contributed by atoms with E-state index in [9.17, 15) is 5.26 Å². The van der Waals surface area contributed by atoms with E-state index in [0.717, 1.165) is 23.6 Å². The third-order valence-electron chi connectivity index (χ3n) is 3.35. The summed E-state index contributed by atoms with van der Waals surface area (Å²) < 4.78 is 0. The van der Waals surface area contributed by atoms with Crippen molar-refractivity contribution in [1.82, 2.24) is 0 Å². The van der Waals surface area contributed by atoms with E-state index >= 15 is 0 Å². The zero-order valence-electron chi connectivity index (χ0n) is 11.3. The van der Waals surface area contributed by atoms with Crippen LogP contribution in [0.4, 0.5) is 5.69 Å². The molecule has 1 N–H and O–H groups in total. The van der Waals surface area contributed by atoms with Crippen molar-refractivity contribution in [2.45, 2.75) is 32.7 Å². The molecule has 1 atom stereocenters. The Kier molecular flexibility index (Phi) is 3.59. The molecule has 1 aliphatic rings. The molecule has 1 aromatic carbocycles. The number of hydrogen-bond donors (Lipinski definition) is 1. The summed E-state index contributed by atoms with van der Waals surface area (Å²) in [5, 5.41) is 13.1. The zero-order valence-corrected chi connectivity index (χ0v) is 12.1. The molecule has 3 heteroatoms. The Morgan fingerprint density at radius 2 is 2.00 bits per heavy atom. The first kappa shape index (κ1) is 13.3. The molecule has 1 unspecified atom stereocenters. The van der Waals surface area contributed by atoms with E-state index in [2.05, 4.69) is 44.3 Å². The Bertz CT molecular complexity index is 476. The van der Waals surface area contributed by atoms with Crippen molar-refractivity contribution in [1.29, 1.82) is 5.26 Å². The van der Waals surface area contributed by atoms with Crippen molar-refractivity contribution in [3.05, 3.63) is 29.8 Å². The minimum absolute atomic E-state index is 0.217. The van der Waals surface area contributed by atoms with E-state index < -0.39 is 5.54 Å². The number of para-hydroxylation sites is 1. The Balaban J connectivity index is 2.24. The van der Waals surface area contributed by atoms with Crippen LogP contribution >= 0.6 is 11.8 Å². The van der Waals surface area contributed by atoms with E-state index in [1.807, 2.05) is 23.9 Å². The third kappa shape index (κ3) is 2.81. The Morgan fingerprint density at radius 3 is 2.61 bits per heavy atom. The number of aryl methyl sites for hydroxylation is 1. The number of anilines is 1. The van der Waals surface area contributed by atoms with Gasteiger partial charge in [0.15, 0.2) is 0 Å². The normalized spacial score (nSPS) is 26.3. The minimum atomic E-state index is -0.432. The smallest absolute Gasteiger partial charge is 0.135 e. The van der Waals surface area contributed by atoms with Gasteiger partial charge in [0.1, 0.15) is 5.54 Å². The SMILES string of the molecule is Cc1ccccc1NC1(C#N)CSCC(C)(C)C1. The molecule has 1 heterocycles. The summed E-state index contributed by atoms with van der Waals surface area (Å²) in [5.74, 6) is 1.99. The third-order valence-corrected chi connectivity index (χ3v) is 5.04. The van der Waals surface area contributed by atoms with Gasteiger partial charge >= 0.3 is 0 Å². The summed E-state index contributed by atoms with van der Waals surface area (Å²) in [6, 6.07) is 10.7. The lowest BCUT2D eigenvalue weighted by Gasteiger charge is -2.41. The molecule has 0 spiro atoms. The number of thioether (sulfide) groups is 1. The van der Waals surface area contributed by atoms with Crippen LogP contribution in [0.2, 0.25) is 0 Å². The first-order valence-electron chi connectivity index (χ1n) is 6.29. The quantitative estimate of drug-likeness (QED) is 0.877. The van der Waals surface area contributed by atoms with Crippen molar-refractivity contribution in [3.63, 3.8) is 0 Å². The van der Waals surface area contributed by atoms with Crippen LogP contribution in [-0.2, 0) is 0 Å². The highest BCUT2D eigenvalue weighted by molar-refractivity contribution is 7.99. The van der Waals surface area contributed by atoms with Crippen LogP contribution in [0.3, 0.4) is 0 Å². The summed E-state index contributed by atoms with van der Waals surface area (Å²) in [5.41, 5.74) is 2.06. The van der Waals surface area contributed by atoms with E-state index in [4.69, 9.17) is 0 Å². The molecule has 1 fully saturated rings. The monoisotopic (exact) mass is 260 g/mol. The summed E-state index contributed by atoms with van der Waals surface area (Å²) in [7, 11) is 0. The predicted octanol–water partition coefficient (Wildman–Crippen LogP) is 3.83. The van der Waals surface area contributed by atoms with Crippen LogP contribution in [0.15, 0.2) is 24.3 Å². The van der Waals surface area contributed by atoms with Crippen LogP contribution in [0.5, 0.6) is 0 Å². The van der Waals surface area contributed by atoms with E-state index in [1.165, 1.54) is 5.56 Å². The zero-order chi connectivity index (χ0) is 13.2. The molecule has 1 aromatic rings. The largest absolute Gasteiger partial charge is 0.366 e. The molecule has 2 rings (SSSR count). The summed E-state index contributed by atoms with van der Waals surface area (Å²) in [6.07, 6.45) is 0.901. The molecular formula is C15H20N2S. The van der Waals surface area contributed by atoms with E-state index in [0.29, 0.717) is 0 Å². The molecule has 2 nitrogen and oxygen atoms in total. The van der Waals surface area contributed by atoms with Gasteiger partial charge in [-0.2, -0.15) is 17.0 Å². The summed E-state index contributed by atoms with van der Waals surface area (Å²) in [6.45, 7) is 6.56. The fourth-order valence-electron chi connectivity index (χ4n) is 2.57. The molecule has 96 valence electrons. The van der Waals surface area contributed by atoms with Gasteiger partial charge in [-0.1, -0.05) is 32.0 Å². The number of rotatable bonds is 2. The molecular weight excluding hydrogens is 240 g/mol. The molecule has 18 heavy (non-hydrogen) atoms. The second kappa shape index (κ2) is 4.85. The Labute approximate surface area is 114 Å². The molecule has 1 aliphatic heterocycles. The van der Waals surface area contributed by atoms with Gasteiger partial charge in [-0.15, -0.1) is 0 Å². The molecule has 0 bridgehead atoms. The second-order valence-electron chi connectivity index (χ2n) is 5.97. The summed E-state index contributed by atoms with van der Waals surface area (Å²) in [4.78, 5) is 0. The fraction of sp³-hybridized carbons (Fsp3) is 0.533. The lowest BCUT2D eigenvalue weighted by molar-refractivity contribution is 0.324. The maximum atomic E-state index is 9.60. The highest BCUT2D eigenvalue weighted by Gasteiger charge is 2.41. The van der Waals surface area contributed by atoms with E-state index in [-0.39, 0.29) is 5.41 Å². The molecule has 0 radical (unpaired) electrons. The molecule has 0 amide bonds. The number of nitrogens with one attached hydrogen (secondary N) is 1. The lowest BCUT2D eigenvalue weighted by atomic mass is 9.80. The predicted molar refractivity (Wildman–Crippen MR) is 78.9 cm³/mol. The van der Waals surface area contributed by atoms with E-state index in [1.54, 1.807) is 0 Å². The summed E-state index contributed by atoms with van der Waals surface area (Å²) >= 11 is 1.87. The lowest BCUT2D eigenvalue weighted by Crippen LogP contribution is -2.47. The molecule has 0 saturated carbocycles. The number of hydrogen-bond acceptors (Lipinski definition) is 3. The highest BCUT2D eigenvalue weighted by Crippen LogP contribution is 2.40. The minimum Gasteiger partial charge on any atom is -0.366 e. The van der Waals surface area contributed by atoms with Crippen LogP contribution < -0.4 is 5.32 Å². The van der Waals surface area contributed by atoms with Crippen LogP contribution in [0, 0.1) is 23.7 Å². The van der Waals surface area contributed by atoms with Gasteiger partial charge in [-0.3, -0.25) is 0 Å². The second-order valence-corrected chi connectivity index (χ2v) is 6.95. The maximum Gasteiger partial charge on any atom is 0.135 e. The van der Waals surface area contributed by atoms with Gasteiger partial charge < -0.3 is 5.32 Å². The van der Waals surface area contributed by atoms with Crippen molar-refractivity contribution in [2.75, 3.05) is 16.8 Å². The average Bonchev–Trinajstić information content (AvgIpc) is 2.31. The van der Waals surface area contributed by atoms with Gasteiger partial charge in [0, 0.05) is 11.4 Å². The molecule has 1 saturated heterocycles. The van der Waals surface area contributed by atoms with Crippen molar-refractivity contribution < 1.29 is 0 Å². The number of nitriles is 1. The van der Waals surface area contributed by atoms with Gasteiger partial charge in [0.2, 0.25) is 0 Å². The van der Waals surface area contributed by atoms with Crippen LogP contribution in [0.1, 0.15) is 25.8 Å². The molecule has 0 aromatic heterocycles. The first-order valence-corrected chi connectivity index (χ1v) is 7.45. The van der Waals surface area contributed by atoms with Gasteiger partial charge in [0.25, 0.3) is 0 Å². The van der Waals surface area contributed by atoms with Crippen molar-refractivity contribution in [2.24, 2.45) is 5.41 Å². The Morgan fingerprint density at radius 1 is 1.28 bits per heavy atom. The maximum absolute atomic E-state index is 9.60. The Hall–Kier alpha value is -1.14. The van der Waals surface area contributed by atoms with Gasteiger partial charge in [-0.25, -0.2) is 0 Å². The van der Waals surface area contributed by atoms with Crippen LogP contribution in [-0.4, -0.2) is 17.0 Å². The number of benzene rings is 1. The van der Waals surface area contributed by atoms with Crippen molar-refractivity contribution in [3.8, 4) is 6.07 Å². The standard InChI is InChI=1S/C15H20N2S/c1-12-6-4-5-7-13(12)17-15(9-16)8-14(2,3)10-18-11-15/h4-7,17H,8,10-11H2,1-3H3.